The van der Waals surface area contributed by atoms with E-state index in [4.69, 9.17) is 4.74 Å². The number of rotatable bonds is 5. The SMILES string of the molecule is CS(=O)(=O)N1CCN(C(=O)c2ccc(Nc3ccnc(N4CCOCC4)n3)cc2)CC1. The van der Waals surface area contributed by atoms with Gasteiger partial charge in [0.1, 0.15) is 5.82 Å². The minimum absolute atomic E-state index is 0.101. The first-order chi connectivity index (χ1) is 14.9. The number of hydrogen-bond acceptors (Lipinski definition) is 8. The zero-order valence-corrected chi connectivity index (χ0v) is 18.2. The molecule has 2 aliphatic heterocycles. The van der Waals surface area contributed by atoms with Gasteiger partial charge in [-0.3, -0.25) is 4.79 Å². The number of anilines is 3. The zero-order chi connectivity index (χ0) is 21.8. The van der Waals surface area contributed by atoms with Crippen LogP contribution in [0.3, 0.4) is 0 Å². The Labute approximate surface area is 181 Å². The first-order valence-electron chi connectivity index (χ1n) is 10.2. The van der Waals surface area contributed by atoms with Gasteiger partial charge in [0.2, 0.25) is 16.0 Å². The summed E-state index contributed by atoms with van der Waals surface area (Å²) in [5.41, 5.74) is 1.38. The number of morpholine rings is 1. The third-order valence-corrected chi connectivity index (χ3v) is 6.64. The highest BCUT2D eigenvalue weighted by molar-refractivity contribution is 7.88. The van der Waals surface area contributed by atoms with Gasteiger partial charge in [-0.2, -0.15) is 9.29 Å². The standard InChI is InChI=1S/C20H26N6O4S/c1-31(28,29)26-10-8-24(9-11-26)19(27)16-2-4-17(5-3-16)22-18-6-7-21-20(23-18)25-12-14-30-15-13-25/h2-7H,8-15H2,1H3,(H,21,22,23). The summed E-state index contributed by atoms with van der Waals surface area (Å²) in [6, 6.07) is 8.98. The van der Waals surface area contributed by atoms with Gasteiger partial charge in [-0.1, -0.05) is 0 Å². The first kappa shape index (κ1) is 21.5. The second-order valence-electron chi connectivity index (χ2n) is 7.50. The summed E-state index contributed by atoms with van der Waals surface area (Å²) >= 11 is 0. The number of nitrogens with zero attached hydrogens (tertiary/aromatic N) is 5. The number of sulfonamides is 1. The maximum absolute atomic E-state index is 12.7. The molecule has 0 bridgehead atoms. The zero-order valence-electron chi connectivity index (χ0n) is 17.4. The molecule has 2 aliphatic rings. The fraction of sp³-hybridized carbons (Fsp3) is 0.450. The second-order valence-corrected chi connectivity index (χ2v) is 9.48. The minimum Gasteiger partial charge on any atom is -0.378 e. The molecule has 2 aromatic rings. The van der Waals surface area contributed by atoms with Crippen molar-refractivity contribution in [2.75, 3.05) is 69.0 Å². The fourth-order valence-corrected chi connectivity index (χ4v) is 4.41. The molecule has 1 aromatic heterocycles. The van der Waals surface area contributed by atoms with Crippen molar-refractivity contribution in [3.63, 3.8) is 0 Å². The normalized spacial score (nSPS) is 18.1. The first-order valence-corrected chi connectivity index (χ1v) is 12.0. The molecule has 2 saturated heterocycles. The van der Waals surface area contributed by atoms with Gasteiger partial charge in [0.15, 0.2) is 0 Å². The van der Waals surface area contributed by atoms with E-state index in [0.29, 0.717) is 56.7 Å². The lowest BCUT2D eigenvalue weighted by Gasteiger charge is -2.33. The average Bonchev–Trinajstić information content (AvgIpc) is 2.79. The van der Waals surface area contributed by atoms with E-state index in [1.807, 2.05) is 12.1 Å². The molecule has 0 unspecified atom stereocenters. The van der Waals surface area contributed by atoms with E-state index >= 15 is 0 Å². The summed E-state index contributed by atoms with van der Waals surface area (Å²) in [6.45, 7) is 4.28. The van der Waals surface area contributed by atoms with Crippen molar-refractivity contribution in [3.05, 3.63) is 42.1 Å². The van der Waals surface area contributed by atoms with Gasteiger partial charge in [0.25, 0.3) is 5.91 Å². The van der Waals surface area contributed by atoms with Crippen molar-refractivity contribution in [2.24, 2.45) is 0 Å². The topological polar surface area (TPSA) is 108 Å². The predicted octanol–water partition coefficient (Wildman–Crippen LogP) is 0.774. The van der Waals surface area contributed by atoms with Gasteiger partial charge in [-0.25, -0.2) is 13.4 Å². The van der Waals surface area contributed by atoms with E-state index in [1.54, 1.807) is 29.3 Å². The van der Waals surface area contributed by atoms with Crippen molar-refractivity contribution in [3.8, 4) is 0 Å². The molecule has 0 saturated carbocycles. The molecular weight excluding hydrogens is 420 g/mol. The maximum atomic E-state index is 12.7. The largest absolute Gasteiger partial charge is 0.378 e. The van der Waals surface area contributed by atoms with Crippen molar-refractivity contribution in [1.82, 2.24) is 19.2 Å². The van der Waals surface area contributed by atoms with Crippen LogP contribution in [0, 0.1) is 0 Å². The molecule has 10 nitrogen and oxygen atoms in total. The number of hydrogen-bond donors (Lipinski definition) is 1. The van der Waals surface area contributed by atoms with Crippen LogP contribution in [0.15, 0.2) is 36.5 Å². The molecule has 0 spiro atoms. The van der Waals surface area contributed by atoms with Crippen LogP contribution >= 0.6 is 0 Å². The Morgan fingerprint density at radius 3 is 2.32 bits per heavy atom. The van der Waals surface area contributed by atoms with Gasteiger partial charge >= 0.3 is 0 Å². The Bertz CT molecular complexity index is 1020. The van der Waals surface area contributed by atoms with Crippen LogP contribution in [0.2, 0.25) is 0 Å². The van der Waals surface area contributed by atoms with Gasteiger partial charge in [0, 0.05) is 56.7 Å². The van der Waals surface area contributed by atoms with Crippen molar-refractivity contribution in [2.45, 2.75) is 0 Å². The summed E-state index contributed by atoms with van der Waals surface area (Å²) < 4.78 is 30.0. The lowest BCUT2D eigenvalue weighted by molar-refractivity contribution is 0.0698. The molecular formula is C20H26N6O4S. The number of amides is 1. The lowest BCUT2D eigenvalue weighted by atomic mass is 10.1. The van der Waals surface area contributed by atoms with Crippen LogP contribution in [0.1, 0.15) is 10.4 Å². The van der Waals surface area contributed by atoms with Crippen LogP contribution in [-0.4, -0.2) is 92.2 Å². The van der Waals surface area contributed by atoms with E-state index < -0.39 is 10.0 Å². The number of carbonyl (C=O) groups excluding carboxylic acids is 1. The Balaban J connectivity index is 1.37. The van der Waals surface area contributed by atoms with Crippen LogP contribution in [0.25, 0.3) is 0 Å². The van der Waals surface area contributed by atoms with E-state index in [0.717, 1.165) is 18.8 Å². The lowest BCUT2D eigenvalue weighted by Crippen LogP contribution is -2.50. The second kappa shape index (κ2) is 9.16. The average molecular weight is 447 g/mol. The number of benzene rings is 1. The van der Waals surface area contributed by atoms with E-state index in [-0.39, 0.29) is 5.91 Å². The van der Waals surface area contributed by atoms with Gasteiger partial charge in [0.05, 0.1) is 19.5 Å². The number of piperazine rings is 1. The number of carbonyl (C=O) groups is 1. The third kappa shape index (κ3) is 5.30. The molecule has 0 radical (unpaired) electrons. The number of aromatic nitrogens is 2. The van der Waals surface area contributed by atoms with Crippen LogP contribution in [0.4, 0.5) is 17.5 Å². The van der Waals surface area contributed by atoms with Crippen molar-refractivity contribution in [1.29, 1.82) is 0 Å². The van der Waals surface area contributed by atoms with Gasteiger partial charge < -0.3 is 19.9 Å². The summed E-state index contributed by atoms with van der Waals surface area (Å²) in [5, 5.41) is 3.24. The van der Waals surface area contributed by atoms with Crippen molar-refractivity contribution >= 4 is 33.4 Å². The minimum atomic E-state index is -3.22. The predicted molar refractivity (Wildman–Crippen MR) is 117 cm³/mol. The molecule has 1 amide bonds. The van der Waals surface area contributed by atoms with Crippen molar-refractivity contribution < 1.29 is 17.9 Å². The molecule has 1 aromatic carbocycles. The molecule has 1 N–H and O–H groups in total. The van der Waals surface area contributed by atoms with E-state index in [2.05, 4.69) is 20.2 Å². The number of nitrogens with one attached hydrogen (secondary N) is 1. The summed E-state index contributed by atoms with van der Waals surface area (Å²) in [4.78, 5) is 25.4. The molecule has 0 aliphatic carbocycles. The highest BCUT2D eigenvalue weighted by Gasteiger charge is 2.26. The smallest absolute Gasteiger partial charge is 0.253 e. The monoisotopic (exact) mass is 446 g/mol. The Morgan fingerprint density at radius 1 is 1.00 bits per heavy atom. The Kier molecular flexibility index (Phi) is 6.35. The van der Waals surface area contributed by atoms with E-state index in [1.165, 1.54) is 10.6 Å². The summed E-state index contributed by atoms with van der Waals surface area (Å²) in [5.74, 6) is 1.23. The molecule has 2 fully saturated rings. The molecule has 11 heteroatoms. The molecule has 166 valence electrons. The Hall–Kier alpha value is -2.76. The number of ether oxygens (including phenoxy) is 1. The highest BCUT2D eigenvalue weighted by atomic mass is 32.2. The fourth-order valence-electron chi connectivity index (χ4n) is 3.58. The van der Waals surface area contributed by atoms with E-state index in [9.17, 15) is 13.2 Å². The Morgan fingerprint density at radius 2 is 1.68 bits per heavy atom. The third-order valence-electron chi connectivity index (χ3n) is 5.34. The molecule has 0 atom stereocenters. The van der Waals surface area contributed by atoms with Gasteiger partial charge in [-0.05, 0) is 30.3 Å². The molecule has 4 rings (SSSR count). The van der Waals surface area contributed by atoms with Crippen LogP contribution < -0.4 is 10.2 Å². The quantitative estimate of drug-likeness (QED) is 0.718. The summed E-state index contributed by atoms with van der Waals surface area (Å²) in [7, 11) is -3.22. The van der Waals surface area contributed by atoms with Crippen LogP contribution in [-0.2, 0) is 14.8 Å². The maximum Gasteiger partial charge on any atom is 0.253 e. The summed E-state index contributed by atoms with van der Waals surface area (Å²) in [6.07, 6.45) is 2.91. The molecule has 3 heterocycles. The highest BCUT2D eigenvalue weighted by Crippen LogP contribution is 2.19. The molecule has 31 heavy (non-hydrogen) atoms. The van der Waals surface area contributed by atoms with Crippen LogP contribution in [0.5, 0.6) is 0 Å². The van der Waals surface area contributed by atoms with Gasteiger partial charge in [-0.15, -0.1) is 0 Å².